The van der Waals surface area contributed by atoms with E-state index in [1.807, 2.05) is 0 Å². The van der Waals surface area contributed by atoms with Crippen molar-refractivity contribution >= 4 is 50.4 Å². The predicted molar refractivity (Wildman–Crippen MR) is 76.9 cm³/mol. The first kappa shape index (κ1) is 11.7. The molecule has 0 bridgehead atoms. The first-order chi connectivity index (χ1) is 8.58. The maximum Gasteiger partial charge on any atom is 0.198 e. The van der Waals surface area contributed by atoms with Gasteiger partial charge in [-0.2, -0.15) is 0 Å². The Morgan fingerprint density at radius 3 is 2.67 bits per heavy atom. The van der Waals surface area contributed by atoms with Crippen molar-refractivity contribution in [1.29, 1.82) is 0 Å². The van der Waals surface area contributed by atoms with E-state index >= 15 is 0 Å². The first-order valence-corrected chi connectivity index (χ1v) is 6.62. The Morgan fingerprint density at radius 2 is 1.89 bits per heavy atom. The fourth-order valence-corrected chi connectivity index (χ4v) is 3.28. The number of aromatic nitrogens is 1. The zero-order chi connectivity index (χ0) is 12.9. The van der Waals surface area contributed by atoms with Crippen LogP contribution < -0.4 is 11.2 Å². The summed E-state index contributed by atoms with van der Waals surface area (Å²) in [6.07, 6.45) is 0. The third kappa shape index (κ3) is 1.65. The highest BCUT2D eigenvalue weighted by Gasteiger charge is 2.15. The molecule has 0 saturated carbocycles. The Labute approximate surface area is 116 Å². The molecule has 1 aromatic rings. The Kier molecular flexibility index (Phi) is 2.66. The van der Waals surface area contributed by atoms with E-state index in [1.54, 1.807) is 18.2 Å². The number of hydrogen-bond acceptors (Lipinski definition) is 4. The number of halogens is 2. The number of anilines is 1. The van der Waals surface area contributed by atoms with Crippen molar-refractivity contribution in [1.82, 2.24) is 4.98 Å². The van der Waals surface area contributed by atoms with Crippen LogP contribution in [0.15, 0.2) is 29.1 Å². The Hall–Kier alpha value is -1.36. The fourth-order valence-electron chi connectivity index (χ4n) is 1.69. The second-order valence-electron chi connectivity index (χ2n) is 3.76. The minimum Gasteiger partial charge on any atom is -0.397 e. The van der Waals surface area contributed by atoms with Crippen LogP contribution in [0.25, 0.3) is 20.8 Å². The predicted octanol–water partition coefficient (Wildman–Crippen LogP) is 3.65. The summed E-state index contributed by atoms with van der Waals surface area (Å²) in [6, 6.07) is 6.57. The summed E-state index contributed by atoms with van der Waals surface area (Å²) in [7, 11) is 0. The highest BCUT2D eigenvalue weighted by atomic mass is 35.5. The lowest BCUT2D eigenvalue weighted by molar-refractivity contribution is 1.41. The maximum absolute atomic E-state index is 11.5. The molecule has 0 amide bonds. The molecule has 1 aliphatic carbocycles. The van der Waals surface area contributed by atoms with Crippen LogP contribution in [0.1, 0.15) is 0 Å². The first-order valence-electron chi connectivity index (χ1n) is 5.05. The lowest BCUT2D eigenvalue weighted by atomic mass is 10.2. The number of hydrogen-bond donors (Lipinski definition) is 1. The largest absolute Gasteiger partial charge is 0.397 e. The molecular formula is C12H6Cl2N2OS. The zero-order valence-electron chi connectivity index (χ0n) is 8.91. The molecule has 0 unspecified atom stereocenters. The molecule has 1 aliphatic heterocycles. The van der Waals surface area contributed by atoms with Gasteiger partial charge in [-0.25, -0.2) is 4.98 Å². The van der Waals surface area contributed by atoms with Gasteiger partial charge in [0.15, 0.2) is 5.43 Å². The SMILES string of the molecule is Nc1ccc2nc3ccc(=O)c(Cl)c-3sc2c1Cl. The van der Waals surface area contributed by atoms with Gasteiger partial charge >= 0.3 is 0 Å². The van der Waals surface area contributed by atoms with E-state index in [2.05, 4.69) is 4.98 Å². The van der Waals surface area contributed by atoms with Crippen LogP contribution in [0.5, 0.6) is 0 Å². The minimum absolute atomic E-state index is 0.172. The van der Waals surface area contributed by atoms with Gasteiger partial charge < -0.3 is 5.73 Å². The van der Waals surface area contributed by atoms with Crippen molar-refractivity contribution in [3.63, 3.8) is 0 Å². The highest BCUT2D eigenvalue weighted by Crippen LogP contribution is 2.39. The van der Waals surface area contributed by atoms with Gasteiger partial charge in [0.05, 0.1) is 31.5 Å². The zero-order valence-corrected chi connectivity index (χ0v) is 11.2. The minimum atomic E-state index is -0.221. The van der Waals surface area contributed by atoms with E-state index < -0.39 is 0 Å². The van der Waals surface area contributed by atoms with Crippen molar-refractivity contribution in [2.24, 2.45) is 0 Å². The standard InChI is InChI=1S/C12H6Cl2N2OS/c13-9-5(15)1-2-6-11(9)18-12-7(16-6)3-4-8(17)10(12)14/h1-4H,15H2. The average Bonchev–Trinajstić information content (AvgIpc) is 2.37. The number of rotatable bonds is 0. The molecule has 0 atom stereocenters. The number of fused-ring (bicyclic) bond motifs is 2. The summed E-state index contributed by atoms with van der Waals surface area (Å²) in [4.78, 5) is 16.6. The van der Waals surface area contributed by atoms with E-state index in [9.17, 15) is 4.79 Å². The Bertz CT molecular complexity index is 800. The second-order valence-corrected chi connectivity index (χ2v) is 5.53. The van der Waals surface area contributed by atoms with Gasteiger partial charge in [0.2, 0.25) is 0 Å². The number of benzene rings is 2. The molecule has 18 heavy (non-hydrogen) atoms. The molecular weight excluding hydrogens is 291 g/mol. The topological polar surface area (TPSA) is 56.0 Å². The number of nitrogen functional groups attached to an aromatic ring is 1. The second kappa shape index (κ2) is 4.09. The third-order valence-electron chi connectivity index (χ3n) is 2.59. The summed E-state index contributed by atoms with van der Waals surface area (Å²) in [6.45, 7) is 0. The van der Waals surface area contributed by atoms with Crippen LogP contribution >= 0.6 is 34.5 Å². The smallest absolute Gasteiger partial charge is 0.198 e. The van der Waals surface area contributed by atoms with Crippen molar-refractivity contribution in [3.8, 4) is 10.6 Å². The van der Waals surface area contributed by atoms with E-state index in [1.165, 1.54) is 17.4 Å². The van der Waals surface area contributed by atoms with Crippen molar-refractivity contribution in [2.45, 2.75) is 0 Å². The molecule has 3 rings (SSSR count). The summed E-state index contributed by atoms with van der Waals surface area (Å²) >= 11 is 13.5. The van der Waals surface area contributed by atoms with Crippen LogP contribution in [0.3, 0.4) is 0 Å². The van der Waals surface area contributed by atoms with Crippen LogP contribution in [0, 0.1) is 0 Å². The molecule has 0 aromatic heterocycles. The van der Waals surface area contributed by atoms with E-state index in [0.29, 0.717) is 21.3 Å². The maximum atomic E-state index is 11.5. The molecule has 3 nitrogen and oxygen atoms in total. The van der Waals surface area contributed by atoms with Crippen LogP contribution in [0.4, 0.5) is 5.69 Å². The van der Waals surface area contributed by atoms with Gasteiger partial charge in [-0.15, -0.1) is 11.3 Å². The van der Waals surface area contributed by atoms with E-state index in [4.69, 9.17) is 28.9 Å². The van der Waals surface area contributed by atoms with Gasteiger partial charge in [-0.05, 0) is 24.3 Å². The highest BCUT2D eigenvalue weighted by molar-refractivity contribution is 7.22. The number of nitrogens with zero attached hydrogens (tertiary/aromatic N) is 1. The molecule has 6 heteroatoms. The summed E-state index contributed by atoms with van der Waals surface area (Å²) < 4.78 is 0.733. The van der Waals surface area contributed by atoms with Gasteiger partial charge in [0, 0.05) is 0 Å². The molecule has 0 saturated heterocycles. The fraction of sp³-hybridized carbons (Fsp3) is 0. The average molecular weight is 297 g/mol. The van der Waals surface area contributed by atoms with E-state index in [-0.39, 0.29) is 10.5 Å². The monoisotopic (exact) mass is 296 g/mol. The summed E-state index contributed by atoms with van der Waals surface area (Å²) in [5, 5.41) is 0.615. The van der Waals surface area contributed by atoms with Gasteiger partial charge in [-0.1, -0.05) is 23.2 Å². The quantitative estimate of drug-likeness (QED) is 0.509. The lowest BCUT2D eigenvalue weighted by Gasteiger charge is -2.09. The van der Waals surface area contributed by atoms with Crippen molar-refractivity contribution in [2.75, 3.05) is 5.73 Å². The summed E-state index contributed by atoms with van der Waals surface area (Å²) in [5.41, 5.74) is 7.43. The molecule has 0 spiro atoms. The van der Waals surface area contributed by atoms with Crippen molar-refractivity contribution in [3.05, 3.63) is 44.5 Å². The molecule has 2 aliphatic rings. The lowest BCUT2D eigenvalue weighted by Crippen LogP contribution is -2.02. The third-order valence-corrected chi connectivity index (χ3v) is 4.83. The molecule has 0 radical (unpaired) electrons. The Morgan fingerprint density at radius 1 is 1.11 bits per heavy atom. The number of nitrogens with two attached hydrogens (primary N) is 1. The van der Waals surface area contributed by atoms with Gasteiger partial charge in [-0.3, -0.25) is 4.79 Å². The van der Waals surface area contributed by atoms with Crippen molar-refractivity contribution < 1.29 is 0 Å². The molecule has 90 valence electrons. The molecule has 1 aromatic carbocycles. The van der Waals surface area contributed by atoms with E-state index in [0.717, 1.165) is 10.2 Å². The van der Waals surface area contributed by atoms with Crippen LogP contribution in [-0.2, 0) is 0 Å². The molecule has 1 heterocycles. The van der Waals surface area contributed by atoms with Crippen LogP contribution in [-0.4, -0.2) is 4.98 Å². The van der Waals surface area contributed by atoms with Crippen LogP contribution in [0.2, 0.25) is 10.0 Å². The molecule has 2 N–H and O–H groups in total. The van der Waals surface area contributed by atoms with Gasteiger partial charge in [0.1, 0.15) is 5.02 Å². The molecule has 0 fully saturated rings. The summed E-state index contributed by atoms with van der Waals surface area (Å²) in [5.74, 6) is 0. The Balaban J connectivity index is 2.54. The normalized spacial score (nSPS) is 11.2. The van der Waals surface area contributed by atoms with Gasteiger partial charge in [0.25, 0.3) is 0 Å².